The summed E-state index contributed by atoms with van der Waals surface area (Å²) in [6.07, 6.45) is 3.97. The molecule has 3 amide bonds. The SMILES string of the molecule is O=C(CCN1C(=O)c2ccccc2C1=O)N1CC2CCCC2C1. The van der Waals surface area contributed by atoms with Gasteiger partial charge < -0.3 is 4.90 Å². The predicted molar refractivity (Wildman–Crippen MR) is 83.8 cm³/mol. The van der Waals surface area contributed by atoms with E-state index in [1.54, 1.807) is 24.3 Å². The Morgan fingerprint density at radius 1 is 1.00 bits per heavy atom. The Morgan fingerprint density at radius 3 is 2.13 bits per heavy atom. The number of benzene rings is 1. The zero-order chi connectivity index (χ0) is 16.0. The third-order valence-corrected chi connectivity index (χ3v) is 5.51. The molecule has 0 radical (unpaired) electrons. The summed E-state index contributed by atoms with van der Waals surface area (Å²) in [6, 6.07) is 6.83. The molecule has 0 aromatic heterocycles. The summed E-state index contributed by atoms with van der Waals surface area (Å²) < 4.78 is 0. The van der Waals surface area contributed by atoms with Crippen LogP contribution in [-0.2, 0) is 4.79 Å². The molecule has 1 aromatic carbocycles. The fraction of sp³-hybridized carbons (Fsp3) is 0.500. The quantitative estimate of drug-likeness (QED) is 0.801. The summed E-state index contributed by atoms with van der Waals surface area (Å²) in [5, 5.41) is 0. The molecule has 4 rings (SSSR count). The summed E-state index contributed by atoms with van der Waals surface area (Å²) in [4.78, 5) is 40.1. The maximum absolute atomic E-state index is 12.4. The van der Waals surface area contributed by atoms with Crippen molar-refractivity contribution in [1.82, 2.24) is 9.80 Å². The lowest BCUT2D eigenvalue weighted by molar-refractivity contribution is -0.130. The smallest absolute Gasteiger partial charge is 0.261 e. The number of imide groups is 1. The first kappa shape index (κ1) is 14.4. The number of hydrogen-bond acceptors (Lipinski definition) is 3. The van der Waals surface area contributed by atoms with Gasteiger partial charge in [0.2, 0.25) is 5.91 Å². The monoisotopic (exact) mass is 312 g/mol. The molecular weight excluding hydrogens is 292 g/mol. The van der Waals surface area contributed by atoms with Crippen molar-refractivity contribution >= 4 is 17.7 Å². The van der Waals surface area contributed by atoms with Gasteiger partial charge in [-0.2, -0.15) is 0 Å². The molecule has 0 spiro atoms. The first-order chi connectivity index (χ1) is 11.1. The molecule has 3 aliphatic rings. The normalized spacial score (nSPS) is 25.9. The number of carbonyl (C=O) groups excluding carboxylic acids is 3. The Labute approximate surface area is 135 Å². The Balaban J connectivity index is 1.38. The van der Waals surface area contributed by atoms with E-state index < -0.39 is 0 Å². The number of hydrogen-bond donors (Lipinski definition) is 0. The first-order valence-corrected chi connectivity index (χ1v) is 8.38. The average molecular weight is 312 g/mol. The van der Waals surface area contributed by atoms with Gasteiger partial charge in [0.15, 0.2) is 0 Å². The van der Waals surface area contributed by atoms with Gasteiger partial charge in [-0.25, -0.2) is 0 Å². The summed E-state index contributed by atoms with van der Waals surface area (Å²) in [5.41, 5.74) is 0.890. The number of amides is 3. The van der Waals surface area contributed by atoms with Crippen molar-refractivity contribution < 1.29 is 14.4 Å². The molecule has 2 fully saturated rings. The summed E-state index contributed by atoms with van der Waals surface area (Å²) in [5.74, 6) is 0.834. The molecule has 120 valence electrons. The highest BCUT2D eigenvalue weighted by atomic mass is 16.2. The Hall–Kier alpha value is -2.17. The third kappa shape index (κ3) is 2.35. The van der Waals surface area contributed by atoms with Gasteiger partial charge in [0.1, 0.15) is 0 Å². The van der Waals surface area contributed by atoms with E-state index in [1.165, 1.54) is 24.2 Å². The molecule has 5 nitrogen and oxygen atoms in total. The van der Waals surface area contributed by atoms with Crippen molar-refractivity contribution in [2.45, 2.75) is 25.7 Å². The molecule has 1 saturated carbocycles. The van der Waals surface area contributed by atoms with Crippen molar-refractivity contribution in [1.29, 1.82) is 0 Å². The molecule has 2 heterocycles. The molecule has 1 saturated heterocycles. The van der Waals surface area contributed by atoms with E-state index in [9.17, 15) is 14.4 Å². The standard InChI is InChI=1S/C18H20N2O3/c21-16(19-10-12-4-3-5-13(12)11-19)8-9-20-17(22)14-6-1-2-7-15(14)18(20)23/h1-2,6-7,12-13H,3-5,8-11H2. The second-order valence-corrected chi connectivity index (χ2v) is 6.81. The van der Waals surface area contributed by atoms with Gasteiger partial charge in [0, 0.05) is 26.1 Å². The lowest BCUT2D eigenvalue weighted by atomic mass is 10.0. The van der Waals surface area contributed by atoms with Crippen molar-refractivity contribution in [3.05, 3.63) is 35.4 Å². The minimum atomic E-state index is -0.281. The van der Waals surface area contributed by atoms with E-state index in [4.69, 9.17) is 0 Å². The lowest BCUT2D eigenvalue weighted by Gasteiger charge is -2.19. The van der Waals surface area contributed by atoms with E-state index in [0.29, 0.717) is 23.0 Å². The fourth-order valence-electron chi connectivity index (χ4n) is 4.25. The summed E-state index contributed by atoms with van der Waals surface area (Å²) in [7, 11) is 0. The molecule has 5 heteroatoms. The number of likely N-dealkylation sites (tertiary alicyclic amines) is 1. The topological polar surface area (TPSA) is 57.7 Å². The van der Waals surface area contributed by atoms with E-state index >= 15 is 0 Å². The first-order valence-electron chi connectivity index (χ1n) is 8.38. The maximum Gasteiger partial charge on any atom is 0.261 e. The third-order valence-electron chi connectivity index (χ3n) is 5.51. The number of carbonyl (C=O) groups is 3. The van der Waals surface area contributed by atoms with Crippen LogP contribution in [0.5, 0.6) is 0 Å². The molecule has 1 aromatic rings. The summed E-state index contributed by atoms with van der Waals surface area (Å²) >= 11 is 0. The van der Waals surface area contributed by atoms with Crippen LogP contribution in [0.25, 0.3) is 0 Å². The van der Waals surface area contributed by atoms with Gasteiger partial charge in [0.25, 0.3) is 11.8 Å². The second-order valence-electron chi connectivity index (χ2n) is 6.81. The van der Waals surface area contributed by atoms with E-state index in [1.807, 2.05) is 4.90 Å². The number of fused-ring (bicyclic) bond motifs is 2. The molecule has 2 aliphatic heterocycles. The van der Waals surface area contributed by atoms with E-state index in [-0.39, 0.29) is 30.7 Å². The van der Waals surface area contributed by atoms with Gasteiger partial charge in [-0.05, 0) is 36.8 Å². The van der Waals surface area contributed by atoms with Crippen LogP contribution in [-0.4, -0.2) is 47.2 Å². The minimum absolute atomic E-state index is 0.0657. The van der Waals surface area contributed by atoms with Crippen LogP contribution in [0.1, 0.15) is 46.4 Å². The van der Waals surface area contributed by atoms with Crippen LogP contribution < -0.4 is 0 Å². The zero-order valence-corrected chi connectivity index (χ0v) is 13.0. The fourth-order valence-corrected chi connectivity index (χ4v) is 4.25. The van der Waals surface area contributed by atoms with Crippen LogP contribution in [0.3, 0.4) is 0 Å². The highest BCUT2D eigenvalue weighted by Gasteiger charge is 2.39. The van der Waals surface area contributed by atoms with Crippen LogP contribution in [0.4, 0.5) is 0 Å². The van der Waals surface area contributed by atoms with Crippen molar-refractivity contribution in [3.8, 4) is 0 Å². The van der Waals surface area contributed by atoms with Crippen LogP contribution in [0.15, 0.2) is 24.3 Å². The largest absolute Gasteiger partial charge is 0.342 e. The molecular formula is C18H20N2O3. The second kappa shape index (κ2) is 5.48. The van der Waals surface area contributed by atoms with Gasteiger partial charge >= 0.3 is 0 Å². The number of rotatable bonds is 3. The Kier molecular flexibility index (Phi) is 3.43. The molecule has 2 atom stereocenters. The van der Waals surface area contributed by atoms with Crippen LogP contribution in [0.2, 0.25) is 0 Å². The van der Waals surface area contributed by atoms with E-state index in [2.05, 4.69) is 0 Å². The predicted octanol–water partition coefficient (Wildman–Crippen LogP) is 1.93. The lowest BCUT2D eigenvalue weighted by Crippen LogP contribution is -2.36. The van der Waals surface area contributed by atoms with Crippen molar-refractivity contribution in [2.24, 2.45) is 11.8 Å². The van der Waals surface area contributed by atoms with Gasteiger partial charge in [-0.3, -0.25) is 19.3 Å². The Bertz CT molecular complexity index is 638. The highest BCUT2D eigenvalue weighted by molar-refractivity contribution is 6.21. The van der Waals surface area contributed by atoms with Gasteiger partial charge in [-0.1, -0.05) is 18.6 Å². The molecule has 0 N–H and O–H groups in total. The zero-order valence-electron chi connectivity index (χ0n) is 13.0. The van der Waals surface area contributed by atoms with E-state index in [0.717, 1.165) is 13.1 Å². The highest BCUT2D eigenvalue weighted by Crippen LogP contribution is 2.37. The molecule has 23 heavy (non-hydrogen) atoms. The minimum Gasteiger partial charge on any atom is -0.342 e. The van der Waals surface area contributed by atoms with Crippen LogP contribution >= 0.6 is 0 Å². The summed E-state index contributed by atoms with van der Waals surface area (Å²) in [6.45, 7) is 1.88. The van der Waals surface area contributed by atoms with Crippen molar-refractivity contribution in [3.63, 3.8) is 0 Å². The maximum atomic E-state index is 12.4. The molecule has 0 bridgehead atoms. The Morgan fingerprint density at radius 2 is 1.57 bits per heavy atom. The van der Waals surface area contributed by atoms with Gasteiger partial charge in [-0.15, -0.1) is 0 Å². The van der Waals surface area contributed by atoms with Crippen LogP contribution in [0, 0.1) is 11.8 Å². The van der Waals surface area contributed by atoms with Gasteiger partial charge in [0.05, 0.1) is 11.1 Å². The van der Waals surface area contributed by atoms with Crippen molar-refractivity contribution in [2.75, 3.05) is 19.6 Å². The average Bonchev–Trinajstić information content (AvgIpc) is 3.21. The molecule has 1 aliphatic carbocycles. The number of nitrogens with zero attached hydrogens (tertiary/aromatic N) is 2. The molecule has 2 unspecified atom stereocenters.